The highest BCUT2D eigenvalue weighted by molar-refractivity contribution is 6.52. The molecule has 1 aliphatic carbocycles. The Morgan fingerprint density at radius 2 is 1.65 bits per heavy atom. The fourth-order valence-electron chi connectivity index (χ4n) is 1.82. The minimum absolute atomic E-state index is 0.255. The molecule has 0 amide bonds. The first-order valence-corrected chi connectivity index (χ1v) is 5.27. The molecular weight excluding hydrogens is 240 g/mol. The number of Topliss-reactive ketones (excluding diaryl/α,β-unsaturated/α-hetero) is 2. The number of carbonyl (C=O) groups excluding carboxylic acids is 2. The quantitative estimate of drug-likeness (QED) is 0.526. The topological polar surface area (TPSA) is 59.9 Å². The minimum Gasteiger partial charge on any atom is -0.285 e. The summed E-state index contributed by atoms with van der Waals surface area (Å²) in [5.74, 6) is -1.12. The number of carbonyl (C=O) groups is 2. The molecule has 5 heteroatoms. The first-order valence-electron chi connectivity index (χ1n) is 4.89. The van der Waals surface area contributed by atoms with Gasteiger partial charge < -0.3 is 0 Å². The molecule has 3 rings (SSSR count). The highest BCUT2D eigenvalue weighted by Gasteiger charge is 2.32. The summed E-state index contributed by atoms with van der Waals surface area (Å²) in [4.78, 5) is 31.8. The summed E-state index contributed by atoms with van der Waals surface area (Å²) in [6.45, 7) is 0. The van der Waals surface area contributed by atoms with Crippen molar-refractivity contribution in [2.45, 2.75) is 0 Å². The summed E-state index contributed by atoms with van der Waals surface area (Å²) in [6, 6.07) is 6.16. The zero-order chi connectivity index (χ0) is 12.0. The predicted molar refractivity (Wildman–Crippen MR) is 61.1 cm³/mol. The van der Waals surface area contributed by atoms with Crippen LogP contribution in [0.2, 0.25) is 5.15 Å². The smallest absolute Gasteiger partial charge is 0.235 e. The summed E-state index contributed by atoms with van der Waals surface area (Å²) >= 11 is 5.79. The van der Waals surface area contributed by atoms with Crippen molar-refractivity contribution in [1.82, 2.24) is 9.97 Å². The van der Waals surface area contributed by atoms with Gasteiger partial charge in [0.05, 0.1) is 11.1 Å². The largest absolute Gasteiger partial charge is 0.285 e. The lowest BCUT2D eigenvalue weighted by Gasteiger charge is -2.15. The summed E-state index contributed by atoms with van der Waals surface area (Å²) in [5.41, 5.74) is 1.32. The van der Waals surface area contributed by atoms with E-state index in [1.807, 2.05) is 0 Å². The van der Waals surface area contributed by atoms with Crippen LogP contribution in [0.4, 0.5) is 0 Å². The molecule has 0 bridgehead atoms. The van der Waals surface area contributed by atoms with Crippen molar-refractivity contribution >= 4 is 23.2 Å². The lowest BCUT2D eigenvalue weighted by molar-refractivity contribution is 0.0814. The Bertz CT molecular complexity index is 667. The maximum absolute atomic E-state index is 11.8. The van der Waals surface area contributed by atoms with Gasteiger partial charge in [-0.3, -0.25) is 14.6 Å². The molecule has 0 radical (unpaired) electrons. The van der Waals surface area contributed by atoms with E-state index in [1.54, 1.807) is 18.3 Å². The molecule has 0 spiro atoms. The van der Waals surface area contributed by atoms with Gasteiger partial charge in [0.15, 0.2) is 0 Å². The van der Waals surface area contributed by atoms with E-state index in [2.05, 4.69) is 9.97 Å². The highest BCUT2D eigenvalue weighted by atomic mass is 35.5. The Balaban J connectivity index is 2.41. The van der Waals surface area contributed by atoms with Crippen molar-refractivity contribution in [2.24, 2.45) is 0 Å². The molecule has 2 aromatic heterocycles. The number of aromatic nitrogens is 2. The average Bonchev–Trinajstić information content (AvgIpc) is 2.36. The van der Waals surface area contributed by atoms with Gasteiger partial charge in [-0.25, -0.2) is 4.98 Å². The van der Waals surface area contributed by atoms with E-state index in [9.17, 15) is 9.59 Å². The summed E-state index contributed by atoms with van der Waals surface area (Å²) in [5, 5.41) is 0.266. The van der Waals surface area contributed by atoms with Gasteiger partial charge in [0.25, 0.3) is 0 Å². The van der Waals surface area contributed by atoms with Crippen LogP contribution in [0.15, 0.2) is 30.5 Å². The Labute approximate surface area is 101 Å². The highest BCUT2D eigenvalue weighted by Crippen LogP contribution is 2.30. The lowest BCUT2D eigenvalue weighted by Crippen LogP contribution is -2.22. The number of halogens is 1. The van der Waals surface area contributed by atoms with Crippen LogP contribution in [0, 0.1) is 0 Å². The van der Waals surface area contributed by atoms with Crippen LogP contribution < -0.4 is 0 Å². The van der Waals surface area contributed by atoms with Crippen molar-refractivity contribution in [2.75, 3.05) is 0 Å². The summed E-state index contributed by atoms with van der Waals surface area (Å²) in [6.07, 6.45) is 1.55. The zero-order valence-electron chi connectivity index (χ0n) is 8.48. The zero-order valence-corrected chi connectivity index (χ0v) is 9.23. The predicted octanol–water partition coefficient (Wildman–Crippen LogP) is 2.18. The molecule has 0 aliphatic heterocycles. The van der Waals surface area contributed by atoms with Gasteiger partial charge in [-0.15, -0.1) is 0 Å². The third kappa shape index (κ3) is 1.38. The van der Waals surface area contributed by atoms with Crippen molar-refractivity contribution in [1.29, 1.82) is 0 Å². The molecule has 82 valence electrons. The van der Waals surface area contributed by atoms with Gasteiger partial charge in [-0.05, 0) is 24.3 Å². The first-order chi connectivity index (χ1) is 8.18. The molecule has 4 nitrogen and oxygen atoms in total. The number of ketones is 2. The fourth-order valence-corrected chi connectivity index (χ4v) is 1.97. The number of pyridine rings is 2. The van der Waals surface area contributed by atoms with Gasteiger partial charge >= 0.3 is 0 Å². The number of nitrogens with zero attached hydrogens (tertiary/aromatic N) is 2. The van der Waals surface area contributed by atoms with Crippen LogP contribution >= 0.6 is 11.6 Å². The van der Waals surface area contributed by atoms with E-state index in [0.717, 1.165) is 0 Å². The van der Waals surface area contributed by atoms with Gasteiger partial charge in [-0.1, -0.05) is 11.6 Å². The Hall–Kier alpha value is -2.07. The molecule has 0 saturated heterocycles. The van der Waals surface area contributed by atoms with E-state index in [0.29, 0.717) is 11.4 Å². The van der Waals surface area contributed by atoms with Gasteiger partial charge in [-0.2, -0.15) is 0 Å². The average molecular weight is 245 g/mol. The van der Waals surface area contributed by atoms with E-state index >= 15 is 0 Å². The van der Waals surface area contributed by atoms with E-state index in [4.69, 9.17) is 11.6 Å². The van der Waals surface area contributed by atoms with Gasteiger partial charge in [0, 0.05) is 6.20 Å². The Morgan fingerprint density at radius 3 is 2.41 bits per heavy atom. The molecule has 2 heterocycles. The molecule has 0 saturated carbocycles. The van der Waals surface area contributed by atoms with E-state index < -0.39 is 11.6 Å². The number of hydrogen-bond donors (Lipinski definition) is 0. The number of hydrogen-bond acceptors (Lipinski definition) is 4. The molecule has 0 fully saturated rings. The normalized spacial score (nSPS) is 13.2. The second kappa shape index (κ2) is 3.46. The Morgan fingerprint density at radius 1 is 0.941 bits per heavy atom. The molecule has 0 atom stereocenters. The molecular formula is C12H5ClN2O2. The van der Waals surface area contributed by atoms with E-state index in [1.165, 1.54) is 12.1 Å². The van der Waals surface area contributed by atoms with Crippen LogP contribution in [0.3, 0.4) is 0 Å². The Kier molecular flexibility index (Phi) is 2.06. The van der Waals surface area contributed by atoms with Crippen molar-refractivity contribution < 1.29 is 9.59 Å². The first kappa shape index (κ1) is 10.1. The van der Waals surface area contributed by atoms with E-state index in [-0.39, 0.29) is 16.3 Å². The SMILES string of the molecule is O=C1C(=O)c2ccc(Cl)nc2-c2ncccc21. The summed E-state index contributed by atoms with van der Waals surface area (Å²) in [7, 11) is 0. The standard InChI is InChI=1S/C12H5ClN2O2/c13-8-4-3-7-10(15-8)9-6(2-1-5-14-9)11(16)12(7)17/h1-5H. The third-order valence-electron chi connectivity index (χ3n) is 2.59. The number of rotatable bonds is 0. The monoisotopic (exact) mass is 244 g/mol. The summed E-state index contributed by atoms with van der Waals surface area (Å²) < 4.78 is 0. The van der Waals surface area contributed by atoms with Crippen LogP contribution in [0.5, 0.6) is 0 Å². The van der Waals surface area contributed by atoms with Crippen LogP contribution in [0.1, 0.15) is 20.7 Å². The maximum Gasteiger partial charge on any atom is 0.235 e. The van der Waals surface area contributed by atoms with Crippen LogP contribution in [-0.4, -0.2) is 21.5 Å². The lowest BCUT2D eigenvalue weighted by atomic mass is 9.91. The molecule has 0 aromatic carbocycles. The molecule has 1 aliphatic rings. The fraction of sp³-hybridized carbons (Fsp3) is 0. The molecule has 0 N–H and O–H groups in total. The van der Waals surface area contributed by atoms with Crippen molar-refractivity contribution in [3.8, 4) is 11.4 Å². The second-order valence-electron chi connectivity index (χ2n) is 3.59. The molecule has 0 unspecified atom stereocenters. The van der Waals surface area contributed by atoms with Crippen LogP contribution in [0.25, 0.3) is 11.4 Å². The van der Waals surface area contributed by atoms with Gasteiger partial charge in [0.1, 0.15) is 16.5 Å². The van der Waals surface area contributed by atoms with Gasteiger partial charge in [0.2, 0.25) is 11.6 Å². The maximum atomic E-state index is 11.8. The minimum atomic E-state index is -0.565. The molecule has 2 aromatic rings. The van der Waals surface area contributed by atoms with Crippen molar-refractivity contribution in [3.63, 3.8) is 0 Å². The third-order valence-corrected chi connectivity index (χ3v) is 2.80. The second-order valence-corrected chi connectivity index (χ2v) is 3.98. The van der Waals surface area contributed by atoms with Crippen LogP contribution in [-0.2, 0) is 0 Å². The van der Waals surface area contributed by atoms with Crippen molar-refractivity contribution in [3.05, 3.63) is 46.7 Å². The molecule has 17 heavy (non-hydrogen) atoms. The number of fused-ring (bicyclic) bond motifs is 3.